The van der Waals surface area contributed by atoms with Crippen molar-refractivity contribution in [3.05, 3.63) is 53.9 Å². The lowest BCUT2D eigenvalue weighted by molar-refractivity contribution is -0.122. The molecule has 4 rings (SSSR count). The minimum Gasteiger partial charge on any atom is -0.395 e. The Balaban J connectivity index is 1.59. The van der Waals surface area contributed by atoms with Crippen molar-refractivity contribution in [2.45, 2.75) is 12.8 Å². The van der Waals surface area contributed by atoms with Gasteiger partial charge in [-0.3, -0.25) is 4.79 Å². The van der Waals surface area contributed by atoms with Crippen LogP contribution in [0.2, 0.25) is 5.15 Å². The summed E-state index contributed by atoms with van der Waals surface area (Å²) >= 11 is 5.81. The van der Waals surface area contributed by atoms with Crippen LogP contribution in [0.1, 0.15) is 12.8 Å². The molecule has 1 aliphatic rings. The number of carbonyl (C=O) groups is 1. The predicted octanol–water partition coefficient (Wildman–Crippen LogP) is 3.74. The monoisotopic (exact) mass is 368 g/mol. The lowest BCUT2D eigenvalue weighted by atomic mass is 10.1. The molecule has 132 valence electrons. The molecule has 2 aromatic heterocycles. The number of aliphatic hydroxyl groups excluding tert-OH is 1. The summed E-state index contributed by atoms with van der Waals surface area (Å²) in [5, 5.41) is 17.8. The van der Waals surface area contributed by atoms with E-state index in [2.05, 4.69) is 20.6 Å². The van der Waals surface area contributed by atoms with E-state index >= 15 is 0 Å². The van der Waals surface area contributed by atoms with Gasteiger partial charge in [0.1, 0.15) is 11.0 Å². The van der Waals surface area contributed by atoms with E-state index < -0.39 is 5.41 Å². The summed E-state index contributed by atoms with van der Waals surface area (Å²) in [6.45, 7) is -0.112. The maximum Gasteiger partial charge on any atom is 0.232 e. The molecule has 1 aliphatic carbocycles. The second-order valence-electron chi connectivity index (χ2n) is 6.48. The van der Waals surface area contributed by atoms with Crippen molar-refractivity contribution in [2.24, 2.45) is 5.41 Å². The van der Waals surface area contributed by atoms with Crippen LogP contribution >= 0.6 is 11.6 Å². The molecule has 3 N–H and O–H groups in total. The Bertz CT molecular complexity index is 971. The van der Waals surface area contributed by atoms with Gasteiger partial charge in [0.2, 0.25) is 5.91 Å². The lowest BCUT2D eigenvalue weighted by Gasteiger charge is -2.13. The number of amides is 1. The third kappa shape index (κ3) is 3.21. The molecule has 0 aliphatic heterocycles. The van der Waals surface area contributed by atoms with Crippen molar-refractivity contribution < 1.29 is 9.90 Å². The van der Waals surface area contributed by atoms with Crippen LogP contribution in [0.3, 0.4) is 0 Å². The van der Waals surface area contributed by atoms with Crippen molar-refractivity contribution in [3.63, 3.8) is 0 Å². The summed E-state index contributed by atoms with van der Waals surface area (Å²) in [6.07, 6.45) is 4.81. The molecule has 0 atom stereocenters. The summed E-state index contributed by atoms with van der Waals surface area (Å²) in [4.78, 5) is 20.7. The zero-order valence-electron chi connectivity index (χ0n) is 13.9. The molecule has 0 spiro atoms. The molecular formula is C19H17ClN4O2. The molecule has 1 fully saturated rings. The molecule has 0 radical (unpaired) electrons. The third-order valence-electron chi connectivity index (χ3n) is 4.65. The number of fused-ring (bicyclic) bond motifs is 1. The number of nitrogens with one attached hydrogen (secondary N) is 2. The van der Waals surface area contributed by atoms with E-state index in [1.807, 2.05) is 30.3 Å². The van der Waals surface area contributed by atoms with Crippen molar-refractivity contribution >= 4 is 45.5 Å². The zero-order valence-corrected chi connectivity index (χ0v) is 14.6. The van der Waals surface area contributed by atoms with Gasteiger partial charge >= 0.3 is 0 Å². The Morgan fingerprint density at radius 2 is 1.96 bits per heavy atom. The van der Waals surface area contributed by atoms with E-state index in [4.69, 9.17) is 11.6 Å². The maximum absolute atomic E-state index is 12.3. The smallest absolute Gasteiger partial charge is 0.232 e. The van der Waals surface area contributed by atoms with Gasteiger partial charge < -0.3 is 15.7 Å². The number of aromatic nitrogens is 2. The summed E-state index contributed by atoms with van der Waals surface area (Å²) in [5.41, 5.74) is 0.888. The predicted molar refractivity (Wildman–Crippen MR) is 102 cm³/mol. The van der Waals surface area contributed by atoms with Crippen LogP contribution in [0.5, 0.6) is 0 Å². The van der Waals surface area contributed by atoms with Crippen LogP contribution in [0.25, 0.3) is 10.8 Å². The van der Waals surface area contributed by atoms with Crippen LogP contribution in [0.15, 0.2) is 48.8 Å². The number of nitrogens with zero attached hydrogens (tertiary/aromatic N) is 2. The Labute approximate surface area is 155 Å². The van der Waals surface area contributed by atoms with E-state index in [0.717, 1.165) is 29.3 Å². The van der Waals surface area contributed by atoms with Gasteiger partial charge in [0.25, 0.3) is 0 Å². The number of pyridine rings is 2. The fourth-order valence-electron chi connectivity index (χ4n) is 2.81. The molecule has 6 nitrogen and oxygen atoms in total. The van der Waals surface area contributed by atoms with Gasteiger partial charge in [-0.1, -0.05) is 11.6 Å². The molecule has 1 aromatic carbocycles. The minimum atomic E-state index is -0.596. The van der Waals surface area contributed by atoms with E-state index in [1.165, 1.54) is 0 Å². The summed E-state index contributed by atoms with van der Waals surface area (Å²) in [7, 11) is 0. The molecule has 0 unspecified atom stereocenters. The number of hydrogen-bond acceptors (Lipinski definition) is 5. The zero-order chi connectivity index (χ0) is 18.1. The summed E-state index contributed by atoms with van der Waals surface area (Å²) in [5.74, 6) is 0.567. The van der Waals surface area contributed by atoms with Crippen molar-refractivity contribution in [2.75, 3.05) is 17.2 Å². The van der Waals surface area contributed by atoms with Gasteiger partial charge in [-0.2, -0.15) is 0 Å². The molecule has 1 amide bonds. The first-order valence-corrected chi connectivity index (χ1v) is 8.67. The van der Waals surface area contributed by atoms with Crippen LogP contribution < -0.4 is 10.6 Å². The SMILES string of the molecule is O=C(Nc1ccc2c(Nc3ccc(Cl)nc3)nccc2c1)C1(CO)CC1. The van der Waals surface area contributed by atoms with Crippen LogP contribution in [-0.4, -0.2) is 27.6 Å². The van der Waals surface area contributed by atoms with Crippen molar-refractivity contribution in [1.82, 2.24) is 9.97 Å². The Morgan fingerprint density at radius 1 is 1.15 bits per heavy atom. The average Bonchev–Trinajstić information content (AvgIpc) is 3.45. The first-order chi connectivity index (χ1) is 12.6. The number of aliphatic hydroxyl groups is 1. The fourth-order valence-corrected chi connectivity index (χ4v) is 2.93. The fraction of sp³-hybridized carbons (Fsp3) is 0.211. The molecule has 1 saturated carbocycles. The maximum atomic E-state index is 12.3. The highest BCUT2D eigenvalue weighted by Crippen LogP contribution is 2.46. The summed E-state index contributed by atoms with van der Waals surface area (Å²) < 4.78 is 0. The highest BCUT2D eigenvalue weighted by atomic mass is 35.5. The Morgan fingerprint density at radius 3 is 2.65 bits per heavy atom. The van der Waals surface area contributed by atoms with Crippen LogP contribution in [-0.2, 0) is 4.79 Å². The number of halogens is 1. The topological polar surface area (TPSA) is 87.1 Å². The Kier molecular flexibility index (Phi) is 4.22. The molecule has 0 bridgehead atoms. The largest absolute Gasteiger partial charge is 0.395 e. The minimum absolute atomic E-state index is 0.112. The van der Waals surface area contributed by atoms with Crippen molar-refractivity contribution in [1.29, 1.82) is 0 Å². The van der Waals surface area contributed by atoms with Crippen molar-refractivity contribution in [3.8, 4) is 0 Å². The number of hydrogen-bond donors (Lipinski definition) is 3. The molecule has 0 saturated heterocycles. The van der Waals surface area contributed by atoms with Gasteiger partial charge in [-0.05, 0) is 54.6 Å². The van der Waals surface area contributed by atoms with Gasteiger partial charge in [-0.25, -0.2) is 9.97 Å². The Hall–Kier alpha value is -2.70. The highest BCUT2D eigenvalue weighted by Gasteiger charge is 2.49. The normalized spacial score (nSPS) is 14.8. The highest BCUT2D eigenvalue weighted by molar-refractivity contribution is 6.29. The van der Waals surface area contributed by atoms with Gasteiger partial charge in [0.05, 0.1) is 23.9 Å². The van der Waals surface area contributed by atoms with E-state index in [1.54, 1.807) is 18.5 Å². The third-order valence-corrected chi connectivity index (χ3v) is 4.87. The van der Waals surface area contributed by atoms with Gasteiger partial charge in [0.15, 0.2) is 0 Å². The quantitative estimate of drug-likeness (QED) is 0.597. The summed E-state index contributed by atoms with van der Waals surface area (Å²) in [6, 6.07) is 11.1. The molecule has 26 heavy (non-hydrogen) atoms. The number of benzene rings is 1. The number of anilines is 3. The first-order valence-electron chi connectivity index (χ1n) is 8.29. The number of rotatable bonds is 5. The number of carbonyl (C=O) groups excluding carboxylic acids is 1. The second-order valence-corrected chi connectivity index (χ2v) is 6.87. The molecule has 7 heteroatoms. The standard InChI is InChI=1S/C19H17ClN4O2/c20-16-4-2-14(10-22-16)23-17-15-3-1-13(9-12(15)5-8-21-17)24-18(26)19(11-25)6-7-19/h1-5,8-10,25H,6-7,11H2,(H,21,23)(H,24,26). The van der Waals surface area contributed by atoms with Gasteiger partial charge in [0, 0.05) is 17.3 Å². The van der Waals surface area contributed by atoms with Crippen LogP contribution in [0, 0.1) is 5.41 Å². The van der Waals surface area contributed by atoms with Crippen LogP contribution in [0.4, 0.5) is 17.2 Å². The second kappa shape index (κ2) is 6.55. The van der Waals surface area contributed by atoms with Gasteiger partial charge in [-0.15, -0.1) is 0 Å². The molecular weight excluding hydrogens is 352 g/mol. The molecule has 2 heterocycles. The van der Waals surface area contributed by atoms with E-state index in [9.17, 15) is 9.90 Å². The lowest BCUT2D eigenvalue weighted by Crippen LogP contribution is -2.27. The van der Waals surface area contributed by atoms with E-state index in [0.29, 0.717) is 16.7 Å². The van der Waals surface area contributed by atoms with E-state index in [-0.39, 0.29) is 12.5 Å². The average molecular weight is 369 g/mol. The first kappa shape index (κ1) is 16.8. The molecule has 3 aromatic rings.